The molecule has 0 fully saturated rings. The van der Waals surface area contributed by atoms with E-state index in [2.05, 4.69) is 42.9 Å². The summed E-state index contributed by atoms with van der Waals surface area (Å²) in [5.41, 5.74) is 2.51. The van der Waals surface area contributed by atoms with Crippen LogP contribution in [0.4, 0.5) is 0 Å². The van der Waals surface area contributed by atoms with Crippen molar-refractivity contribution in [1.29, 1.82) is 0 Å². The van der Waals surface area contributed by atoms with Crippen LogP contribution in [0.1, 0.15) is 30.0 Å². The predicted octanol–water partition coefficient (Wildman–Crippen LogP) is 1.09. The highest BCUT2D eigenvalue weighted by Crippen LogP contribution is 2.18. The van der Waals surface area contributed by atoms with Gasteiger partial charge in [-0.25, -0.2) is 9.97 Å². The Kier molecular flexibility index (Phi) is 3.21. The highest BCUT2D eigenvalue weighted by molar-refractivity contribution is 5.21. The fourth-order valence-electron chi connectivity index (χ4n) is 1.88. The van der Waals surface area contributed by atoms with E-state index < -0.39 is 0 Å². The second kappa shape index (κ2) is 4.47. The van der Waals surface area contributed by atoms with Gasteiger partial charge in [-0.2, -0.15) is 0 Å². The lowest BCUT2D eigenvalue weighted by molar-refractivity contribution is 0.292. The first-order valence-corrected chi connectivity index (χ1v) is 5.77. The first kappa shape index (κ1) is 11.5. The molecule has 2 heterocycles. The second-order valence-electron chi connectivity index (χ2n) is 4.83. The van der Waals surface area contributed by atoms with Crippen molar-refractivity contribution < 1.29 is 0 Å². The minimum absolute atomic E-state index is 0.275. The van der Waals surface area contributed by atoms with Crippen molar-refractivity contribution in [2.24, 2.45) is 0 Å². The molecule has 0 amide bonds. The van der Waals surface area contributed by atoms with Gasteiger partial charge < -0.3 is 4.90 Å². The molecule has 0 aromatic carbocycles. The van der Waals surface area contributed by atoms with Crippen LogP contribution < -0.4 is 0 Å². The van der Waals surface area contributed by atoms with Gasteiger partial charge in [0.15, 0.2) is 0 Å². The van der Waals surface area contributed by atoms with Crippen LogP contribution in [0.5, 0.6) is 0 Å². The Labute approximate surface area is 97.3 Å². The number of hydrogen-bond acceptors (Lipinski definition) is 4. The quantitative estimate of drug-likeness (QED) is 0.747. The van der Waals surface area contributed by atoms with Gasteiger partial charge in [-0.05, 0) is 40.1 Å². The van der Waals surface area contributed by atoms with E-state index in [0.29, 0.717) is 0 Å². The summed E-state index contributed by atoms with van der Waals surface area (Å²) in [6.07, 6.45) is 3.08. The highest BCUT2D eigenvalue weighted by Gasteiger charge is 2.18. The molecular formula is C12H20N4. The van der Waals surface area contributed by atoms with Crippen LogP contribution in [0.25, 0.3) is 0 Å². The lowest BCUT2D eigenvalue weighted by Crippen LogP contribution is -2.29. The molecule has 0 N–H and O–H groups in total. The number of rotatable bonds is 2. The van der Waals surface area contributed by atoms with Crippen molar-refractivity contribution in [2.75, 3.05) is 27.7 Å². The van der Waals surface area contributed by atoms with E-state index in [4.69, 9.17) is 4.98 Å². The van der Waals surface area contributed by atoms with Gasteiger partial charge in [0.25, 0.3) is 0 Å². The average molecular weight is 220 g/mol. The van der Waals surface area contributed by atoms with Crippen molar-refractivity contribution in [3.63, 3.8) is 0 Å². The average Bonchev–Trinajstić information content (AvgIpc) is 2.26. The van der Waals surface area contributed by atoms with Crippen LogP contribution in [0.15, 0.2) is 6.20 Å². The molecular weight excluding hydrogens is 200 g/mol. The van der Waals surface area contributed by atoms with Crippen LogP contribution in [0.2, 0.25) is 0 Å². The van der Waals surface area contributed by atoms with Crippen LogP contribution in [0.3, 0.4) is 0 Å². The van der Waals surface area contributed by atoms with Crippen molar-refractivity contribution in [3.05, 3.63) is 23.3 Å². The number of likely N-dealkylation sites (N-methyl/N-ethyl adjacent to an activating group) is 1. The molecule has 4 heteroatoms. The summed E-state index contributed by atoms with van der Waals surface area (Å²) in [6, 6.07) is 0.275. The standard InChI is InChI=1S/C12H20N4/c1-9(15(2)3)12-13-7-10-5-6-16(4)8-11(10)14-12/h7,9H,5-6,8H2,1-4H3. The fraction of sp³-hybridized carbons (Fsp3) is 0.667. The summed E-state index contributed by atoms with van der Waals surface area (Å²) >= 11 is 0. The summed E-state index contributed by atoms with van der Waals surface area (Å²) in [6.45, 7) is 4.19. The van der Waals surface area contributed by atoms with Gasteiger partial charge in [0, 0.05) is 19.3 Å². The molecule has 4 nitrogen and oxygen atoms in total. The lowest BCUT2D eigenvalue weighted by atomic mass is 10.1. The third-order valence-corrected chi connectivity index (χ3v) is 3.30. The summed E-state index contributed by atoms with van der Waals surface area (Å²) in [5, 5.41) is 0. The maximum Gasteiger partial charge on any atom is 0.145 e. The molecule has 0 radical (unpaired) electrons. The summed E-state index contributed by atoms with van der Waals surface area (Å²) < 4.78 is 0. The van der Waals surface area contributed by atoms with Crippen molar-refractivity contribution >= 4 is 0 Å². The molecule has 0 spiro atoms. The molecule has 0 bridgehead atoms. The molecule has 88 valence electrons. The normalized spacial score (nSPS) is 18.6. The summed E-state index contributed by atoms with van der Waals surface area (Å²) in [5.74, 6) is 0.930. The van der Waals surface area contributed by atoms with Gasteiger partial charge >= 0.3 is 0 Å². The summed E-state index contributed by atoms with van der Waals surface area (Å²) in [4.78, 5) is 13.6. The number of aromatic nitrogens is 2. The highest BCUT2D eigenvalue weighted by atomic mass is 15.1. The van der Waals surface area contributed by atoms with Crippen molar-refractivity contribution in [2.45, 2.75) is 25.9 Å². The van der Waals surface area contributed by atoms with Gasteiger partial charge in [0.1, 0.15) is 5.82 Å². The number of fused-ring (bicyclic) bond motifs is 1. The van der Waals surface area contributed by atoms with E-state index in [1.807, 2.05) is 6.20 Å². The Bertz CT molecular complexity index is 375. The van der Waals surface area contributed by atoms with Crippen LogP contribution in [-0.2, 0) is 13.0 Å². The van der Waals surface area contributed by atoms with Crippen molar-refractivity contribution in [1.82, 2.24) is 19.8 Å². The van der Waals surface area contributed by atoms with E-state index in [1.54, 1.807) is 0 Å². The van der Waals surface area contributed by atoms with E-state index >= 15 is 0 Å². The van der Waals surface area contributed by atoms with Gasteiger partial charge in [0.05, 0.1) is 11.7 Å². The van der Waals surface area contributed by atoms with E-state index in [1.165, 1.54) is 11.3 Å². The predicted molar refractivity (Wildman–Crippen MR) is 64.2 cm³/mol. The first-order chi connectivity index (χ1) is 7.58. The zero-order chi connectivity index (χ0) is 11.7. The van der Waals surface area contributed by atoms with Crippen LogP contribution in [0, 0.1) is 0 Å². The Balaban J connectivity index is 2.27. The molecule has 0 saturated carbocycles. The van der Waals surface area contributed by atoms with Gasteiger partial charge in [-0.15, -0.1) is 0 Å². The maximum absolute atomic E-state index is 4.69. The third-order valence-electron chi connectivity index (χ3n) is 3.30. The minimum Gasteiger partial charge on any atom is -0.300 e. The smallest absolute Gasteiger partial charge is 0.145 e. The fourth-order valence-corrected chi connectivity index (χ4v) is 1.88. The zero-order valence-corrected chi connectivity index (χ0v) is 10.6. The zero-order valence-electron chi connectivity index (χ0n) is 10.6. The summed E-state index contributed by atoms with van der Waals surface area (Å²) in [7, 11) is 6.25. The first-order valence-electron chi connectivity index (χ1n) is 5.77. The SMILES string of the molecule is CC(c1ncc2c(n1)CN(C)CC2)N(C)C. The number of nitrogens with zero attached hydrogens (tertiary/aromatic N) is 4. The van der Waals surface area contributed by atoms with E-state index in [-0.39, 0.29) is 6.04 Å². The second-order valence-corrected chi connectivity index (χ2v) is 4.83. The molecule has 1 aromatic rings. The Hall–Kier alpha value is -1.00. The molecule has 1 unspecified atom stereocenters. The third kappa shape index (κ3) is 2.23. The molecule has 0 aliphatic carbocycles. The Morgan fingerprint density at radius 1 is 1.44 bits per heavy atom. The maximum atomic E-state index is 4.69. The monoisotopic (exact) mass is 220 g/mol. The number of hydrogen-bond donors (Lipinski definition) is 0. The van der Waals surface area contributed by atoms with Gasteiger partial charge in [0.2, 0.25) is 0 Å². The molecule has 1 atom stereocenters. The molecule has 0 saturated heterocycles. The van der Waals surface area contributed by atoms with Crippen molar-refractivity contribution in [3.8, 4) is 0 Å². The van der Waals surface area contributed by atoms with Gasteiger partial charge in [-0.1, -0.05) is 0 Å². The molecule has 1 aromatic heterocycles. The topological polar surface area (TPSA) is 32.3 Å². The molecule has 16 heavy (non-hydrogen) atoms. The molecule has 2 rings (SSSR count). The minimum atomic E-state index is 0.275. The largest absolute Gasteiger partial charge is 0.300 e. The lowest BCUT2D eigenvalue weighted by Gasteiger charge is -2.25. The van der Waals surface area contributed by atoms with Crippen LogP contribution >= 0.6 is 0 Å². The molecule has 1 aliphatic rings. The van der Waals surface area contributed by atoms with Crippen LogP contribution in [-0.4, -0.2) is 47.5 Å². The molecule has 1 aliphatic heterocycles. The van der Waals surface area contributed by atoms with E-state index in [0.717, 1.165) is 25.3 Å². The Morgan fingerprint density at radius 3 is 2.88 bits per heavy atom. The Morgan fingerprint density at radius 2 is 2.19 bits per heavy atom. The van der Waals surface area contributed by atoms with E-state index in [9.17, 15) is 0 Å². The van der Waals surface area contributed by atoms with Gasteiger partial charge in [-0.3, -0.25) is 4.90 Å².